The van der Waals surface area contributed by atoms with Crippen LogP contribution in [0.25, 0.3) is 0 Å². The minimum absolute atomic E-state index is 0.168. The number of benzene rings is 1. The van der Waals surface area contributed by atoms with Crippen molar-refractivity contribution in [1.29, 1.82) is 0 Å². The molecule has 0 bridgehead atoms. The third-order valence-electron chi connectivity index (χ3n) is 3.49. The Morgan fingerprint density at radius 1 is 1.50 bits per heavy atom. The number of phenolic OH excluding ortho intramolecular Hbond substituents is 1. The second kappa shape index (κ2) is 5.11. The van der Waals surface area contributed by atoms with E-state index in [-0.39, 0.29) is 22.0 Å². The lowest BCUT2D eigenvalue weighted by atomic mass is 9.99. The number of nitrogens with zero attached hydrogens (tertiary/aromatic N) is 1. The molecule has 0 spiro atoms. The summed E-state index contributed by atoms with van der Waals surface area (Å²) in [5.74, 6) is -2.59. The highest BCUT2D eigenvalue weighted by molar-refractivity contribution is 9.10. The summed E-state index contributed by atoms with van der Waals surface area (Å²) in [7, 11) is 1.86. The molecule has 0 radical (unpaired) electrons. The molecule has 3 N–H and O–H groups in total. The summed E-state index contributed by atoms with van der Waals surface area (Å²) in [6, 6.07) is 1.23. The van der Waals surface area contributed by atoms with E-state index in [2.05, 4.69) is 15.9 Å². The van der Waals surface area contributed by atoms with E-state index >= 15 is 0 Å². The van der Waals surface area contributed by atoms with E-state index < -0.39 is 17.4 Å². The van der Waals surface area contributed by atoms with Gasteiger partial charge in [0, 0.05) is 18.2 Å². The molecular formula is C12H15BrF2N2O. The summed E-state index contributed by atoms with van der Waals surface area (Å²) in [5, 5.41) is 9.32. The molecule has 1 aromatic carbocycles. The normalized spacial score (nSPS) is 24.7. The van der Waals surface area contributed by atoms with Crippen LogP contribution in [-0.2, 0) is 0 Å². The highest BCUT2D eigenvalue weighted by Gasteiger charge is 2.33. The summed E-state index contributed by atoms with van der Waals surface area (Å²) >= 11 is 3.03. The van der Waals surface area contributed by atoms with Crippen molar-refractivity contribution >= 4 is 15.9 Å². The Bertz CT molecular complexity index is 470. The van der Waals surface area contributed by atoms with Gasteiger partial charge in [0.25, 0.3) is 0 Å². The maximum absolute atomic E-state index is 13.9. The smallest absolute Gasteiger partial charge is 0.201 e. The number of nitrogens with two attached hydrogens (primary N) is 1. The first kappa shape index (κ1) is 13.7. The molecule has 1 saturated heterocycles. The molecule has 3 nitrogen and oxygen atoms in total. The minimum atomic E-state index is -1.20. The minimum Gasteiger partial charge on any atom is -0.504 e. The van der Waals surface area contributed by atoms with Gasteiger partial charge in [-0.15, -0.1) is 0 Å². The van der Waals surface area contributed by atoms with Gasteiger partial charge in [-0.05, 0) is 47.9 Å². The quantitative estimate of drug-likeness (QED) is 0.823. The molecule has 0 aromatic heterocycles. The van der Waals surface area contributed by atoms with Crippen molar-refractivity contribution in [2.75, 3.05) is 20.1 Å². The van der Waals surface area contributed by atoms with Gasteiger partial charge in [0.1, 0.15) is 0 Å². The molecule has 0 amide bonds. The molecule has 2 atom stereocenters. The van der Waals surface area contributed by atoms with Crippen LogP contribution >= 0.6 is 15.9 Å². The van der Waals surface area contributed by atoms with Crippen LogP contribution < -0.4 is 5.73 Å². The zero-order valence-electron chi connectivity index (χ0n) is 9.96. The molecule has 1 aromatic rings. The third-order valence-corrected chi connectivity index (χ3v) is 4.09. The van der Waals surface area contributed by atoms with Gasteiger partial charge in [0.2, 0.25) is 5.82 Å². The Morgan fingerprint density at radius 3 is 2.72 bits per heavy atom. The van der Waals surface area contributed by atoms with Crippen LogP contribution in [0.5, 0.6) is 5.75 Å². The molecule has 0 saturated carbocycles. The van der Waals surface area contributed by atoms with E-state index in [9.17, 15) is 13.9 Å². The molecule has 100 valence electrons. The lowest BCUT2D eigenvalue weighted by molar-refractivity contribution is 0.301. The fraction of sp³-hybridized carbons (Fsp3) is 0.500. The van der Waals surface area contributed by atoms with Crippen molar-refractivity contribution < 1.29 is 13.9 Å². The molecular weight excluding hydrogens is 306 g/mol. The molecule has 18 heavy (non-hydrogen) atoms. The van der Waals surface area contributed by atoms with Gasteiger partial charge in [-0.2, -0.15) is 4.39 Å². The summed E-state index contributed by atoms with van der Waals surface area (Å²) in [4.78, 5) is 1.96. The van der Waals surface area contributed by atoms with Gasteiger partial charge in [-0.1, -0.05) is 0 Å². The first-order valence-corrected chi connectivity index (χ1v) is 6.51. The van der Waals surface area contributed by atoms with E-state index in [1.165, 1.54) is 6.07 Å². The Labute approximate surface area is 113 Å². The molecule has 0 aliphatic carbocycles. The van der Waals surface area contributed by atoms with Crippen molar-refractivity contribution in [2.24, 2.45) is 11.7 Å². The highest BCUT2D eigenvalue weighted by atomic mass is 79.9. The van der Waals surface area contributed by atoms with E-state index in [1.807, 2.05) is 11.9 Å². The van der Waals surface area contributed by atoms with Crippen molar-refractivity contribution in [1.82, 2.24) is 4.90 Å². The molecule has 1 aliphatic rings. The molecule has 1 fully saturated rings. The Balaban J connectivity index is 2.40. The Morgan fingerprint density at radius 2 is 2.17 bits per heavy atom. The molecule has 1 aliphatic heterocycles. The largest absolute Gasteiger partial charge is 0.504 e. The third kappa shape index (κ3) is 2.24. The zero-order valence-corrected chi connectivity index (χ0v) is 11.5. The molecule has 2 unspecified atom stereocenters. The zero-order chi connectivity index (χ0) is 13.4. The van der Waals surface area contributed by atoms with Crippen LogP contribution in [-0.4, -0.2) is 30.1 Å². The van der Waals surface area contributed by atoms with E-state index in [0.29, 0.717) is 13.0 Å². The molecule has 2 rings (SSSR count). The lowest BCUT2D eigenvalue weighted by Crippen LogP contribution is -2.21. The van der Waals surface area contributed by atoms with Crippen LogP contribution in [0.3, 0.4) is 0 Å². The van der Waals surface area contributed by atoms with Crippen LogP contribution in [0.2, 0.25) is 0 Å². The number of aromatic hydroxyl groups is 1. The van der Waals surface area contributed by atoms with E-state index in [1.54, 1.807) is 0 Å². The van der Waals surface area contributed by atoms with E-state index in [0.717, 1.165) is 6.54 Å². The topological polar surface area (TPSA) is 49.5 Å². The number of halogens is 3. The second-order valence-electron chi connectivity index (χ2n) is 4.72. The predicted molar refractivity (Wildman–Crippen MR) is 68.3 cm³/mol. The summed E-state index contributed by atoms with van der Waals surface area (Å²) in [6.45, 7) is 1.30. The Kier molecular flexibility index (Phi) is 3.89. The fourth-order valence-electron chi connectivity index (χ4n) is 2.49. The number of phenols is 1. The number of hydrogen-bond donors (Lipinski definition) is 2. The monoisotopic (exact) mass is 320 g/mol. The predicted octanol–water partition coefficient (Wildman–Crippen LogP) is 2.38. The first-order chi connectivity index (χ1) is 8.45. The molecule has 6 heteroatoms. The van der Waals surface area contributed by atoms with Crippen molar-refractivity contribution in [3.05, 3.63) is 27.7 Å². The maximum atomic E-state index is 13.9. The van der Waals surface area contributed by atoms with Gasteiger partial charge in [-0.25, -0.2) is 4.39 Å². The number of rotatable bonds is 2. The number of likely N-dealkylation sites (tertiary alicyclic amines) is 1. The van der Waals surface area contributed by atoms with Crippen LogP contribution in [0, 0.1) is 17.6 Å². The second-order valence-corrected chi connectivity index (χ2v) is 5.57. The first-order valence-electron chi connectivity index (χ1n) is 5.72. The Hall–Kier alpha value is -0.720. The van der Waals surface area contributed by atoms with Gasteiger partial charge < -0.3 is 10.8 Å². The summed E-state index contributed by atoms with van der Waals surface area (Å²) in [6.07, 6.45) is 0.695. The maximum Gasteiger partial charge on any atom is 0.201 e. The molecule has 1 heterocycles. The average Bonchev–Trinajstić information content (AvgIpc) is 2.72. The van der Waals surface area contributed by atoms with Crippen LogP contribution in [0.15, 0.2) is 10.5 Å². The van der Waals surface area contributed by atoms with Gasteiger partial charge in [0.15, 0.2) is 11.6 Å². The van der Waals surface area contributed by atoms with Crippen LogP contribution in [0.1, 0.15) is 18.0 Å². The van der Waals surface area contributed by atoms with Crippen molar-refractivity contribution in [2.45, 2.75) is 12.5 Å². The van der Waals surface area contributed by atoms with Gasteiger partial charge in [-0.3, -0.25) is 4.90 Å². The number of hydrogen-bond acceptors (Lipinski definition) is 3. The van der Waals surface area contributed by atoms with Gasteiger partial charge >= 0.3 is 0 Å². The summed E-state index contributed by atoms with van der Waals surface area (Å²) in [5.41, 5.74) is 5.87. The van der Waals surface area contributed by atoms with E-state index in [4.69, 9.17) is 5.73 Å². The van der Waals surface area contributed by atoms with Crippen molar-refractivity contribution in [3.8, 4) is 5.75 Å². The summed E-state index contributed by atoms with van der Waals surface area (Å²) < 4.78 is 27.6. The van der Waals surface area contributed by atoms with Crippen molar-refractivity contribution in [3.63, 3.8) is 0 Å². The van der Waals surface area contributed by atoms with Crippen LogP contribution in [0.4, 0.5) is 8.78 Å². The standard InChI is InChI=1S/C12H15BrF2N2O/c1-17-5-6(4-16)2-9(17)7-3-8(13)12(18)11(15)10(7)14/h3,6,9,18H,2,4-5,16H2,1H3. The fourth-order valence-corrected chi connectivity index (χ4v) is 2.91. The lowest BCUT2D eigenvalue weighted by Gasteiger charge is -2.21. The van der Waals surface area contributed by atoms with Gasteiger partial charge in [0.05, 0.1) is 4.47 Å². The SMILES string of the molecule is CN1CC(CN)CC1c1cc(Br)c(O)c(F)c1F. The average molecular weight is 321 g/mol. The highest BCUT2D eigenvalue weighted by Crippen LogP contribution is 2.39.